The van der Waals surface area contributed by atoms with Crippen LogP contribution in [0.4, 0.5) is 11.4 Å². The van der Waals surface area contributed by atoms with Crippen molar-refractivity contribution in [1.29, 1.82) is 0 Å². The molecule has 0 aliphatic rings. The molecule has 0 heterocycles. The molecule has 18 heavy (non-hydrogen) atoms. The molecule has 1 aromatic rings. The fourth-order valence-electron chi connectivity index (χ4n) is 2.28. The van der Waals surface area contributed by atoms with E-state index < -0.39 is 0 Å². The lowest BCUT2D eigenvalue weighted by Crippen LogP contribution is -2.25. The first-order valence-electron chi connectivity index (χ1n) is 6.91. The quantitative estimate of drug-likeness (QED) is 0.721. The number of anilines is 2. The molecule has 0 bridgehead atoms. The second kappa shape index (κ2) is 7.14. The molecule has 1 unspecified atom stereocenters. The highest BCUT2D eigenvalue weighted by molar-refractivity contribution is 5.61. The van der Waals surface area contributed by atoms with Crippen molar-refractivity contribution in [3.63, 3.8) is 0 Å². The largest absolute Gasteiger partial charge is 0.492 e. The third-order valence-corrected chi connectivity index (χ3v) is 3.46. The maximum Gasteiger partial charge on any atom is 0.144 e. The van der Waals surface area contributed by atoms with Crippen molar-refractivity contribution >= 4 is 11.4 Å². The lowest BCUT2D eigenvalue weighted by Gasteiger charge is -2.24. The molecule has 0 aliphatic carbocycles. The number of hydrogen-bond donors (Lipinski definition) is 2. The first-order valence-corrected chi connectivity index (χ1v) is 6.91. The van der Waals surface area contributed by atoms with Gasteiger partial charge in [-0.3, -0.25) is 0 Å². The van der Waals surface area contributed by atoms with E-state index in [9.17, 15) is 0 Å². The van der Waals surface area contributed by atoms with E-state index in [1.165, 1.54) is 12.8 Å². The Hall–Kier alpha value is -1.38. The minimum absolute atomic E-state index is 0.457. The maximum atomic E-state index is 5.87. The predicted molar refractivity (Wildman–Crippen MR) is 79.2 cm³/mol. The zero-order valence-corrected chi connectivity index (χ0v) is 12.0. The van der Waals surface area contributed by atoms with Gasteiger partial charge in [-0.2, -0.15) is 0 Å². The van der Waals surface area contributed by atoms with Crippen LogP contribution in [-0.4, -0.2) is 12.6 Å². The fraction of sp³-hybridized carbons (Fsp3) is 0.600. The average Bonchev–Trinajstić information content (AvgIpc) is 2.35. The Morgan fingerprint density at radius 3 is 2.44 bits per heavy atom. The number of ether oxygens (including phenoxy) is 1. The molecule has 0 amide bonds. The van der Waals surface area contributed by atoms with Gasteiger partial charge in [-0.1, -0.05) is 26.7 Å². The van der Waals surface area contributed by atoms with Crippen LogP contribution in [0.15, 0.2) is 18.2 Å². The van der Waals surface area contributed by atoms with Gasteiger partial charge >= 0.3 is 0 Å². The highest BCUT2D eigenvalue weighted by Gasteiger charge is 2.13. The predicted octanol–water partition coefficient (Wildman–Crippen LogP) is 3.90. The second-order valence-electron chi connectivity index (χ2n) is 4.70. The van der Waals surface area contributed by atoms with Gasteiger partial charge in [0.2, 0.25) is 0 Å². The molecule has 102 valence electrons. The molecule has 3 heteroatoms. The molecule has 1 aromatic carbocycles. The summed E-state index contributed by atoms with van der Waals surface area (Å²) in [6.45, 7) is 9.30. The number of hydrogen-bond acceptors (Lipinski definition) is 3. The molecule has 0 saturated heterocycles. The number of nitrogens with two attached hydrogens (primary N) is 1. The van der Waals surface area contributed by atoms with E-state index in [-0.39, 0.29) is 0 Å². The summed E-state index contributed by atoms with van der Waals surface area (Å²) >= 11 is 0. The summed E-state index contributed by atoms with van der Waals surface area (Å²) in [6, 6.07) is 6.35. The monoisotopic (exact) mass is 250 g/mol. The van der Waals surface area contributed by atoms with Crippen molar-refractivity contribution in [3.8, 4) is 5.75 Å². The summed E-state index contributed by atoms with van der Waals surface area (Å²) in [6.07, 6.45) is 2.38. The molecular weight excluding hydrogens is 224 g/mol. The molecule has 0 radical (unpaired) electrons. The van der Waals surface area contributed by atoms with Crippen molar-refractivity contribution in [2.75, 3.05) is 17.7 Å². The number of rotatable bonds is 7. The summed E-state index contributed by atoms with van der Waals surface area (Å²) in [4.78, 5) is 0. The van der Waals surface area contributed by atoms with Gasteiger partial charge in [0.05, 0.1) is 12.3 Å². The van der Waals surface area contributed by atoms with Gasteiger partial charge in [0.1, 0.15) is 5.75 Å². The van der Waals surface area contributed by atoms with Crippen molar-refractivity contribution < 1.29 is 4.74 Å². The van der Waals surface area contributed by atoms with Crippen LogP contribution in [0.1, 0.15) is 40.5 Å². The van der Waals surface area contributed by atoms with Crippen LogP contribution in [0.2, 0.25) is 0 Å². The Bertz CT molecular complexity index is 362. The molecule has 3 nitrogen and oxygen atoms in total. The van der Waals surface area contributed by atoms with Gasteiger partial charge in [-0.15, -0.1) is 0 Å². The van der Waals surface area contributed by atoms with Gasteiger partial charge in [-0.05, 0) is 31.9 Å². The molecule has 1 rings (SSSR count). The third-order valence-electron chi connectivity index (χ3n) is 3.46. The summed E-state index contributed by atoms with van der Waals surface area (Å²) in [7, 11) is 0. The molecule has 0 fully saturated rings. The van der Waals surface area contributed by atoms with Crippen LogP contribution in [0.5, 0.6) is 5.75 Å². The van der Waals surface area contributed by atoms with Crippen LogP contribution < -0.4 is 15.8 Å². The van der Waals surface area contributed by atoms with E-state index in [1.807, 2.05) is 25.1 Å². The lowest BCUT2D eigenvalue weighted by molar-refractivity contribution is 0.342. The zero-order valence-electron chi connectivity index (χ0n) is 12.0. The van der Waals surface area contributed by atoms with Crippen LogP contribution in [-0.2, 0) is 0 Å². The van der Waals surface area contributed by atoms with Crippen molar-refractivity contribution in [2.45, 2.75) is 46.6 Å². The van der Waals surface area contributed by atoms with E-state index in [2.05, 4.69) is 26.1 Å². The van der Waals surface area contributed by atoms with Crippen LogP contribution in [0.3, 0.4) is 0 Å². The Balaban J connectivity index is 2.75. The minimum Gasteiger partial charge on any atom is -0.492 e. The van der Waals surface area contributed by atoms with E-state index in [0.717, 1.165) is 11.4 Å². The van der Waals surface area contributed by atoms with Crippen molar-refractivity contribution in [3.05, 3.63) is 18.2 Å². The Morgan fingerprint density at radius 1 is 1.22 bits per heavy atom. The third kappa shape index (κ3) is 3.83. The van der Waals surface area contributed by atoms with Gasteiger partial charge in [0, 0.05) is 17.8 Å². The molecule has 0 spiro atoms. The summed E-state index contributed by atoms with van der Waals surface area (Å²) in [5.41, 5.74) is 7.63. The number of nitrogens with one attached hydrogen (secondary N) is 1. The fourth-order valence-corrected chi connectivity index (χ4v) is 2.28. The first-order chi connectivity index (χ1) is 8.62. The Labute approximate surface area is 111 Å². The van der Waals surface area contributed by atoms with Crippen LogP contribution in [0.25, 0.3) is 0 Å². The molecule has 0 aliphatic heterocycles. The van der Waals surface area contributed by atoms with E-state index in [0.29, 0.717) is 24.3 Å². The highest BCUT2D eigenvalue weighted by Crippen LogP contribution is 2.27. The standard InChI is InChI=1S/C15H26N2O/c1-5-12(6-2)11(4)17-13-8-9-14(16)15(10-13)18-7-3/h8-12,17H,5-7,16H2,1-4H3. The van der Waals surface area contributed by atoms with E-state index in [4.69, 9.17) is 10.5 Å². The number of nitrogen functional groups attached to an aromatic ring is 1. The summed E-state index contributed by atoms with van der Waals surface area (Å²) in [5.74, 6) is 1.46. The van der Waals surface area contributed by atoms with Crippen LogP contribution >= 0.6 is 0 Å². The highest BCUT2D eigenvalue weighted by atomic mass is 16.5. The molecule has 0 saturated carbocycles. The number of benzene rings is 1. The molecule has 0 aromatic heterocycles. The van der Waals surface area contributed by atoms with E-state index in [1.54, 1.807) is 0 Å². The molecular formula is C15H26N2O. The lowest BCUT2D eigenvalue weighted by atomic mass is 9.95. The Morgan fingerprint density at radius 2 is 1.89 bits per heavy atom. The topological polar surface area (TPSA) is 47.3 Å². The van der Waals surface area contributed by atoms with Gasteiger partial charge < -0.3 is 15.8 Å². The zero-order chi connectivity index (χ0) is 13.5. The van der Waals surface area contributed by atoms with Gasteiger partial charge in [0.25, 0.3) is 0 Å². The molecule has 3 N–H and O–H groups in total. The average molecular weight is 250 g/mol. The van der Waals surface area contributed by atoms with Crippen LogP contribution in [0, 0.1) is 5.92 Å². The van der Waals surface area contributed by atoms with Gasteiger partial charge in [0.15, 0.2) is 0 Å². The second-order valence-corrected chi connectivity index (χ2v) is 4.70. The smallest absolute Gasteiger partial charge is 0.144 e. The first kappa shape index (κ1) is 14.7. The van der Waals surface area contributed by atoms with Crippen molar-refractivity contribution in [2.24, 2.45) is 5.92 Å². The normalized spacial score (nSPS) is 12.5. The SMILES string of the molecule is CCOc1cc(NC(C)C(CC)CC)ccc1N. The van der Waals surface area contributed by atoms with Crippen molar-refractivity contribution in [1.82, 2.24) is 0 Å². The summed E-state index contributed by atoms with van der Waals surface area (Å²) < 4.78 is 5.51. The van der Waals surface area contributed by atoms with E-state index >= 15 is 0 Å². The minimum atomic E-state index is 0.457. The van der Waals surface area contributed by atoms with Gasteiger partial charge in [-0.25, -0.2) is 0 Å². The molecule has 1 atom stereocenters. The summed E-state index contributed by atoms with van der Waals surface area (Å²) in [5, 5.41) is 3.53. The maximum absolute atomic E-state index is 5.87. The Kier molecular flexibility index (Phi) is 5.83.